The van der Waals surface area contributed by atoms with Gasteiger partial charge in [0.25, 0.3) is 11.5 Å². The van der Waals surface area contributed by atoms with Crippen LogP contribution >= 0.6 is 15.9 Å². The summed E-state index contributed by atoms with van der Waals surface area (Å²) < 4.78 is 31.0. The molecule has 0 radical (unpaired) electrons. The highest BCUT2D eigenvalue weighted by Gasteiger charge is 2.25. The molecule has 3 aromatic rings. The Labute approximate surface area is 190 Å². The minimum Gasteiger partial charge on any atom is -0.350 e. The van der Waals surface area contributed by atoms with Crippen LogP contribution in [0.1, 0.15) is 28.9 Å². The Balaban J connectivity index is 1.70. The second kappa shape index (κ2) is 9.58. The zero-order chi connectivity index (χ0) is 22.7. The summed E-state index contributed by atoms with van der Waals surface area (Å²) in [6, 6.07) is 9.21. The number of amides is 1. The summed E-state index contributed by atoms with van der Waals surface area (Å²) in [5.41, 5.74) is 1.05. The summed E-state index contributed by atoms with van der Waals surface area (Å²) in [7, 11) is 0. The van der Waals surface area contributed by atoms with E-state index in [0.29, 0.717) is 22.7 Å². The van der Waals surface area contributed by atoms with Crippen LogP contribution in [0, 0.1) is 17.6 Å². The number of hydrogen-bond acceptors (Lipinski definition) is 5. The normalized spacial score (nSPS) is 13.1. The first-order valence-electron chi connectivity index (χ1n) is 9.89. The zero-order valence-corrected chi connectivity index (χ0v) is 18.4. The number of nitrogens with one attached hydrogen (secondary N) is 2. The van der Waals surface area contributed by atoms with Gasteiger partial charge in [0.05, 0.1) is 35.8 Å². The Hall–Kier alpha value is -3.11. The highest BCUT2D eigenvalue weighted by Crippen LogP contribution is 2.29. The van der Waals surface area contributed by atoms with Crippen molar-refractivity contribution in [2.75, 3.05) is 11.9 Å². The Morgan fingerprint density at radius 2 is 2.06 bits per heavy atom. The quantitative estimate of drug-likeness (QED) is 0.450. The number of nitrogens with zero attached hydrogens (tertiary/aromatic N) is 2. The average Bonchev–Trinajstić information content (AvgIpc) is 3.60. The molecule has 7 nitrogen and oxygen atoms in total. The second-order valence-electron chi connectivity index (χ2n) is 7.42. The van der Waals surface area contributed by atoms with Crippen molar-refractivity contribution in [3.05, 3.63) is 86.5 Å². The lowest BCUT2D eigenvalue weighted by Gasteiger charge is -2.16. The van der Waals surface area contributed by atoms with Crippen LogP contribution in [0.3, 0.4) is 0 Å². The molecule has 1 aliphatic carbocycles. The standard InChI is InChI=1S/C22H19BrF2N4O3/c23-14-6-7-18(17(24)9-14)27-20-16(21(30)28-32-12-13-4-5-13)11-29(22(31)19(20)25)10-15-3-1-2-8-26-15/h1-3,6-9,11,13,27H,4-5,10,12H2,(H,28,30). The number of aromatic nitrogens is 2. The summed E-state index contributed by atoms with van der Waals surface area (Å²) in [4.78, 5) is 34.8. The molecule has 0 unspecified atom stereocenters. The summed E-state index contributed by atoms with van der Waals surface area (Å²) in [5.74, 6) is -2.29. The van der Waals surface area contributed by atoms with E-state index in [-0.39, 0.29) is 17.8 Å². The van der Waals surface area contributed by atoms with Gasteiger partial charge in [-0.1, -0.05) is 22.0 Å². The molecule has 1 aliphatic rings. The first-order valence-corrected chi connectivity index (χ1v) is 10.7. The van der Waals surface area contributed by atoms with Crippen molar-refractivity contribution in [1.29, 1.82) is 0 Å². The van der Waals surface area contributed by atoms with E-state index in [1.807, 2.05) is 0 Å². The van der Waals surface area contributed by atoms with Crippen molar-refractivity contribution >= 4 is 33.2 Å². The Bertz CT molecular complexity index is 1200. The van der Waals surface area contributed by atoms with Crippen molar-refractivity contribution in [3.63, 3.8) is 0 Å². The molecular weight excluding hydrogens is 486 g/mol. The number of carbonyl (C=O) groups is 1. The molecule has 10 heteroatoms. The van der Waals surface area contributed by atoms with Crippen LogP contribution in [-0.2, 0) is 11.4 Å². The van der Waals surface area contributed by atoms with Crippen LogP contribution in [0.2, 0.25) is 0 Å². The van der Waals surface area contributed by atoms with Gasteiger partial charge in [-0.3, -0.25) is 19.4 Å². The van der Waals surface area contributed by atoms with Crippen molar-refractivity contribution in [2.45, 2.75) is 19.4 Å². The van der Waals surface area contributed by atoms with Gasteiger partial charge in [0, 0.05) is 16.9 Å². The second-order valence-corrected chi connectivity index (χ2v) is 8.34. The lowest BCUT2D eigenvalue weighted by atomic mass is 10.2. The fraction of sp³-hybridized carbons (Fsp3) is 0.227. The molecular formula is C22H19BrF2N4O3. The van der Waals surface area contributed by atoms with Gasteiger partial charge in [-0.15, -0.1) is 0 Å². The molecule has 2 N–H and O–H groups in total. The summed E-state index contributed by atoms with van der Waals surface area (Å²) in [5, 5.41) is 2.54. The molecule has 1 amide bonds. The van der Waals surface area contributed by atoms with Crippen LogP contribution in [0.5, 0.6) is 0 Å². The number of carbonyl (C=O) groups excluding carboxylic acids is 1. The van der Waals surface area contributed by atoms with Crippen molar-refractivity contribution < 1.29 is 18.4 Å². The Kier molecular flexibility index (Phi) is 6.61. The smallest absolute Gasteiger partial charge is 0.289 e. The topological polar surface area (TPSA) is 85.2 Å². The lowest BCUT2D eigenvalue weighted by Crippen LogP contribution is -2.31. The number of benzene rings is 1. The number of hydrogen-bond donors (Lipinski definition) is 2. The van der Waals surface area contributed by atoms with Crippen molar-refractivity contribution in [1.82, 2.24) is 15.0 Å². The zero-order valence-electron chi connectivity index (χ0n) is 16.8. The number of pyridine rings is 2. The fourth-order valence-corrected chi connectivity index (χ4v) is 3.33. The minimum absolute atomic E-state index is 0.0489. The molecule has 0 bridgehead atoms. The molecule has 0 aliphatic heterocycles. The molecule has 0 saturated heterocycles. The third-order valence-electron chi connectivity index (χ3n) is 4.90. The summed E-state index contributed by atoms with van der Waals surface area (Å²) >= 11 is 3.15. The van der Waals surface area contributed by atoms with Crippen molar-refractivity contribution in [3.8, 4) is 0 Å². The van der Waals surface area contributed by atoms with E-state index in [9.17, 15) is 14.0 Å². The SMILES string of the molecule is O=C(NOCC1CC1)c1cn(Cc2ccccn2)c(=O)c(F)c1Nc1ccc(Br)cc1F. The first kappa shape index (κ1) is 22.1. The molecule has 4 rings (SSSR count). The molecule has 2 heterocycles. The van der Waals surface area contributed by atoms with E-state index in [1.165, 1.54) is 18.3 Å². The van der Waals surface area contributed by atoms with E-state index >= 15 is 4.39 Å². The minimum atomic E-state index is -1.22. The molecule has 0 spiro atoms. The van der Waals surface area contributed by atoms with Gasteiger partial charge in [-0.25, -0.2) is 9.87 Å². The summed E-state index contributed by atoms with van der Waals surface area (Å²) in [6.07, 6.45) is 4.79. The van der Waals surface area contributed by atoms with E-state index in [2.05, 4.69) is 31.7 Å². The Morgan fingerprint density at radius 1 is 1.25 bits per heavy atom. The van der Waals surface area contributed by atoms with E-state index in [1.54, 1.807) is 30.5 Å². The maximum atomic E-state index is 15.2. The molecule has 1 fully saturated rings. The van der Waals surface area contributed by atoms with Crippen LogP contribution in [-0.4, -0.2) is 22.1 Å². The van der Waals surface area contributed by atoms with Crippen LogP contribution in [0.25, 0.3) is 0 Å². The van der Waals surface area contributed by atoms with Crippen molar-refractivity contribution in [2.24, 2.45) is 5.92 Å². The van der Waals surface area contributed by atoms with E-state index in [0.717, 1.165) is 17.4 Å². The average molecular weight is 505 g/mol. The molecule has 1 saturated carbocycles. The predicted octanol–water partition coefficient (Wildman–Crippen LogP) is 4.15. The van der Waals surface area contributed by atoms with Gasteiger partial charge in [0.1, 0.15) is 5.82 Å². The third-order valence-corrected chi connectivity index (χ3v) is 5.39. The highest BCUT2D eigenvalue weighted by atomic mass is 79.9. The number of anilines is 2. The van der Waals surface area contributed by atoms with Gasteiger partial charge in [0.2, 0.25) is 5.82 Å². The largest absolute Gasteiger partial charge is 0.350 e. The van der Waals surface area contributed by atoms with Crippen LogP contribution in [0.4, 0.5) is 20.2 Å². The van der Waals surface area contributed by atoms with Gasteiger partial charge in [-0.05, 0) is 49.1 Å². The first-order chi connectivity index (χ1) is 15.4. The lowest BCUT2D eigenvalue weighted by molar-refractivity contribution is 0.0270. The number of hydroxylamine groups is 1. The Morgan fingerprint density at radius 3 is 2.75 bits per heavy atom. The number of rotatable bonds is 8. The van der Waals surface area contributed by atoms with Gasteiger partial charge >= 0.3 is 0 Å². The van der Waals surface area contributed by atoms with Gasteiger partial charge in [-0.2, -0.15) is 4.39 Å². The molecule has 2 aromatic heterocycles. The van der Waals surface area contributed by atoms with Gasteiger partial charge < -0.3 is 9.88 Å². The molecule has 32 heavy (non-hydrogen) atoms. The fourth-order valence-electron chi connectivity index (χ4n) is 3.00. The summed E-state index contributed by atoms with van der Waals surface area (Å²) in [6.45, 7) is 0.290. The highest BCUT2D eigenvalue weighted by molar-refractivity contribution is 9.10. The number of halogens is 3. The van der Waals surface area contributed by atoms with E-state index < -0.39 is 28.8 Å². The molecule has 0 atom stereocenters. The monoisotopic (exact) mass is 504 g/mol. The van der Waals surface area contributed by atoms with Crippen LogP contribution < -0.4 is 16.4 Å². The van der Waals surface area contributed by atoms with Gasteiger partial charge in [0.15, 0.2) is 0 Å². The molecule has 1 aromatic carbocycles. The third kappa shape index (κ3) is 5.20. The van der Waals surface area contributed by atoms with Crippen LogP contribution in [0.15, 0.2) is 58.1 Å². The maximum absolute atomic E-state index is 15.2. The van der Waals surface area contributed by atoms with E-state index in [4.69, 9.17) is 4.84 Å². The predicted molar refractivity (Wildman–Crippen MR) is 118 cm³/mol. The molecule has 166 valence electrons. The maximum Gasteiger partial charge on any atom is 0.289 e.